The third-order valence-corrected chi connectivity index (χ3v) is 6.92. The van der Waals surface area contributed by atoms with Crippen LogP contribution >= 0.6 is 23.2 Å². The molecule has 1 unspecified atom stereocenters. The Labute approximate surface area is 232 Å². The molecule has 6 nitrogen and oxygen atoms in total. The van der Waals surface area contributed by atoms with E-state index in [4.69, 9.17) is 28.2 Å². The number of aromatic nitrogens is 2. The summed E-state index contributed by atoms with van der Waals surface area (Å²) in [6.07, 6.45) is 2.19. The van der Waals surface area contributed by atoms with Crippen molar-refractivity contribution in [3.8, 4) is 11.4 Å². The first kappa shape index (κ1) is 27.2. The van der Waals surface area contributed by atoms with Gasteiger partial charge in [0.2, 0.25) is 0 Å². The number of nitrogens with one attached hydrogen (secondary N) is 3. The number of carbonyl (C=O) groups excluding carboxylic acids is 2. The summed E-state index contributed by atoms with van der Waals surface area (Å²) < 4.78 is 0. The Balaban J connectivity index is 1.47. The number of carbonyl (C=O) groups is 2. The zero-order valence-electron chi connectivity index (χ0n) is 21.4. The first-order valence-corrected chi connectivity index (χ1v) is 12.8. The van der Waals surface area contributed by atoms with Crippen LogP contribution in [0.15, 0.2) is 79.4 Å². The molecule has 0 radical (unpaired) electrons. The Morgan fingerprint density at radius 2 is 1.61 bits per heavy atom. The number of rotatable bonds is 8. The molecule has 0 fully saturated rings. The molecule has 0 saturated carbocycles. The molecule has 0 saturated heterocycles. The second-order valence-electron chi connectivity index (χ2n) is 9.40. The number of amides is 2. The van der Waals surface area contributed by atoms with Crippen molar-refractivity contribution in [2.75, 3.05) is 5.32 Å². The van der Waals surface area contributed by atoms with E-state index in [1.807, 2.05) is 45.0 Å². The van der Waals surface area contributed by atoms with E-state index >= 15 is 0 Å². The molecule has 0 aliphatic heterocycles. The van der Waals surface area contributed by atoms with Gasteiger partial charge in [0.25, 0.3) is 11.8 Å². The van der Waals surface area contributed by atoms with Crippen LogP contribution in [0.4, 0.5) is 5.69 Å². The van der Waals surface area contributed by atoms with Gasteiger partial charge in [0, 0.05) is 28.9 Å². The van der Waals surface area contributed by atoms with E-state index < -0.39 is 5.54 Å². The monoisotopic (exact) mass is 546 g/mol. The molecule has 0 bridgehead atoms. The zero-order chi connectivity index (χ0) is 27.4. The van der Waals surface area contributed by atoms with E-state index in [9.17, 15) is 9.59 Å². The first-order valence-electron chi connectivity index (χ1n) is 12.0. The normalized spacial score (nSPS) is 12.4. The lowest BCUT2D eigenvalue weighted by atomic mass is 9.94. The maximum absolute atomic E-state index is 12.8. The molecule has 3 N–H and O–H groups in total. The van der Waals surface area contributed by atoms with Gasteiger partial charge in [0.1, 0.15) is 5.82 Å². The lowest BCUT2D eigenvalue weighted by Crippen LogP contribution is -2.46. The van der Waals surface area contributed by atoms with Crippen LogP contribution in [0.1, 0.15) is 44.6 Å². The van der Waals surface area contributed by atoms with Gasteiger partial charge in [-0.05, 0) is 69.3 Å². The van der Waals surface area contributed by atoms with Gasteiger partial charge in [-0.2, -0.15) is 0 Å². The highest BCUT2D eigenvalue weighted by Gasteiger charge is 2.26. The van der Waals surface area contributed by atoms with Gasteiger partial charge in [-0.3, -0.25) is 9.59 Å². The third kappa shape index (κ3) is 6.15. The Kier molecular flexibility index (Phi) is 8.05. The smallest absolute Gasteiger partial charge is 0.258 e. The number of halogens is 2. The fraction of sp³-hybridized carbons (Fsp3) is 0.167. The van der Waals surface area contributed by atoms with Crippen molar-refractivity contribution in [2.45, 2.75) is 32.7 Å². The Morgan fingerprint density at radius 1 is 0.974 bits per heavy atom. The van der Waals surface area contributed by atoms with Crippen molar-refractivity contribution in [3.05, 3.63) is 118 Å². The topological polar surface area (TPSA) is 86.9 Å². The third-order valence-electron chi connectivity index (χ3n) is 6.29. The van der Waals surface area contributed by atoms with E-state index in [1.165, 1.54) is 0 Å². The van der Waals surface area contributed by atoms with Crippen molar-refractivity contribution >= 4 is 40.7 Å². The molecule has 0 aliphatic carbocycles. The Hall–Kier alpha value is -3.87. The molecule has 194 valence electrons. The second kappa shape index (κ2) is 11.3. The number of benzene rings is 3. The summed E-state index contributed by atoms with van der Waals surface area (Å²) in [5.41, 5.74) is 4.35. The van der Waals surface area contributed by atoms with Crippen LogP contribution < -0.4 is 10.6 Å². The van der Waals surface area contributed by atoms with E-state index in [-0.39, 0.29) is 27.4 Å². The SMILES string of the molecule is C=CC(C)(Cc1nc(-c2ccc(NC(=O)c3c(Cl)cccc3Cl)cc2)[nH]c1C)NC(=O)c1ccc(C)cc1. The number of nitrogens with zero attached hydrogens (tertiary/aromatic N) is 1. The van der Waals surface area contributed by atoms with E-state index in [2.05, 4.69) is 22.2 Å². The van der Waals surface area contributed by atoms with Crippen LogP contribution in [-0.4, -0.2) is 27.3 Å². The molecule has 3 aromatic carbocycles. The summed E-state index contributed by atoms with van der Waals surface area (Å²) in [6, 6.07) is 19.6. The molecule has 4 aromatic rings. The van der Waals surface area contributed by atoms with Crippen LogP contribution in [0.5, 0.6) is 0 Å². The zero-order valence-corrected chi connectivity index (χ0v) is 22.9. The minimum absolute atomic E-state index is 0.170. The molecular weight excluding hydrogens is 519 g/mol. The van der Waals surface area contributed by atoms with Gasteiger partial charge in [0.15, 0.2) is 0 Å². The molecule has 1 aromatic heterocycles. The second-order valence-corrected chi connectivity index (χ2v) is 10.2. The Bertz CT molecular complexity index is 1470. The lowest BCUT2D eigenvalue weighted by Gasteiger charge is -2.27. The number of hydrogen-bond donors (Lipinski definition) is 3. The van der Waals surface area contributed by atoms with Crippen LogP contribution in [0.3, 0.4) is 0 Å². The van der Waals surface area contributed by atoms with Crippen LogP contribution in [0.2, 0.25) is 10.0 Å². The maximum Gasteiger partial charge on any atom is 0.258 e. The summed E-state index contributed by atoms with van der Waals surface area (Å²) in [4.78, 5) is 33.6. The quantitative estimate of drug-likeness (QED) is 0.205. The van der Waals surface area contributed by atoms with E-state index in [0.29, 0.717) is 23.5 Å². The number of aromatic amines is 1. The standard InChI is InChI=1S/C30H28Cl2N4O2/c1-5-30(4,36-28(37)21-11-9-18(2)10-12-21)17-25-19(3)33-27(35-25)20-13-15-22(16-14-20)34-29(38)26-23(31)7-6-8-24(26)32/h5-16H,1,17H2,2-4H3,(H,33,35)(H,34,38)(H,36,37). The number of anilines is 1. The van der Waals surface area contributed by atoms with Gasteiger partial charge in [-0.1, -0.05) is 53.0 Å². The minimum Gasteiger partial charge on any atom is -0.343 e. The maximum atomic E-state index is 12.8. The average molecular weight is 547 g/mol. The predicted octanol–water partition coefficient (Wildman–Crippen LogP) is 7.17. The molecular formula is C30H28Cl2N4O2. The highest BCUT2D eigenvalue weighted by molar-refractivity contribution is 6.40. The van der Waals surface area contributed by atoms with Crippen LogP contribution in [0.25, 0.3) is 11.4 Å². The Morgan fingerprint density at radius 3 is 2.21 bits per heavy atom. The molecule has 2 amide bonds. The molecule has 4 rings (SSSR count). The number of aryl methyl sites for hydroxylation is 2. The minimum atomic E-state index is -0.701. The first-order chi connectivity index (χ1) is 18.1. The fourth-order valence-corrected chi connectivity index (χ4v) is 4.55. The summed E-state index contributed by atoms with van der Waals surface area (Å²) in [6.45, 7) is 9.79. The van der Waals surface area contributed by atoms with E-state index in [1.54, 1.807) is 48.5 Å². The van der Waals surface area contributed by atoms with Crippen molar-refractivity contribution in [3.63, 3.8) is 0 Å². The molecule has 0 aliphatic rings. The van der Waals surface area contributed by atoms with Crippen LogP contribution in [-0.2, 0) is 6.42 Å². The summed E-state index contributed by atoms with van der Waals surface area (Å²) >= 11 is 12.3. The molecule has 1 atom stereocenters. The average Bonchev–Trinajstić information content (AvgIpc) is 3.24. The molecule has 8 heteroatoms. The summed E-state index contributed by atoms with van der Waals surface area (Å²) in [5, 5.41) is 6.47. The van der Waals surface area contributed by atoms with Crippen LogP contribution in [0, 0.1) is 13.8 Å². The largest absolute Gasteiger partial charge is 0.343 e. The number of H-pyrrole nitrogens is 1. The van der Waals surface area contributed by atoms with Gasteiger partial charge < -0.3 is 15.6 Å². The number of imidazole rings is 1. The molecule has 0 spiro atoms. The van der Waals surface area contributed by atoms with Crippen molar-refractivity contribution in [1.29, 1.82) is 0 Å². The predicted molar refractivity (Wildman–Crippen MR) is 154 cm³/mol. The van der Waals surface area contributed by atoms with Gasteiger partial charge >= 0.3 is 0 Å². The van der Waals surface area contributed by atoms with Crippen molar-refractivity contribution < 1.29 is 9.59 Å². The molecule has 38 heavy (non-hydrogen) atoms. The highest BCUT2D eigenvalue weighted by Crippen LogP contribution is 2.27. The van der Waals surface area contributed by atoms with Gasteiger partial charge in [-0.15, -0.1) is 6.58 Å². The summed E-state index contributed by atoms with van der Waals surface area (Å²) in [7, 11) is 0. The molecule has 1 heterocycles. The number of hydrogen-bond acceptors (Lipinski definition) is 3. The summed E-state index contributed by atoms with van der Waals surface area (Å²) in [5.74, 6) is 0.123. The van der Waals surface area contributed by atoms with Gasteiger partial charge in [0.05, 0.1) is 26.8 Å². The highest BCUT2D eigenvalue weighted by atomic mass is 35.5. The van der Waals surface area contributed by atoms with E-state index in [0.717, 1.165) is 22.5 Å². The lowest BCUT2D eigenvalue weighted by molar-refractivity contribution is 0.0921. The van der Waals surface area contributed by atoms with Crippen molar-refractivity contribution in [2.24, 2.45) is 0 Å². The van der Waals surface area contributed by atoms with Gasteiger partial charge in [-0.25, -0.2) is 4.98 Å². The van der Waals surface area contributed by atoms with Crippen molar-refractivity contribution in [1.82, 2.24) is 15.3 Å². The fourth-order valence-electron chi connectivity index (χ4n) is 3.98.